The van der Waals surface area contributed by atoms with Crippen LogP contribution in [0.5, 0.6) is 0 Å². The lowest BCUT2D eigenvalue weighted by molar-refractivity contribution is -0.124. The Morgan fingerprint density at radius 2 is 1.77 bits per heavy atom. The number of nitrogens with one attached hydrogen (secondary N) is 1. The van der Waals surface area contributed by atoms with Gasteiger partial charge in [0.25, 0.3) is 5.91 Å². The number of carbonyl (C=O) groups is 2. The number of aryl methyl sites for hydroxylation is 1. The predicted molar refractivity (Wildman–Crippen MR) is 139 cm³/mol. The highest BCUT2D eigenvalue weighted by Crippen LogP contribution is 2.45. The summed E-state index contributed by atoms with van der Waals surface area (Å²) in [6, 6.07) is 15.2. The minimum absolute atomic E-state index is 0.0579. The minimum atomic E-state index is -0.525. The van der Waals surface area contributed by atoms with Crippen LogP contribution >= 0.6 is 0 Å². The maximum atomic E-state index is 13.9. The molecular weight excluding hydrogens is 440 g/mol. The van der Waals surface area contributed by atoms with Gasteiger partial charge in [-0.15, -0.1) is 0 Å². The number of aromatic nitrogens is 1. The molecule has 2 atom stereocenters. The molecule has 2 amide bonds. The van der Waals surface area contributed by atoms with Crippen LogP contribution in [-0.2, 0) is 16.6 Å². The summed E-state index contributed by atoms with van der Waals surface area (Å²) in [5.74, 6) is -0.650. The molecule has 1 N–H and O–H groups in total. The number of amides is 2. The molecule has 1 aliphatic rings. The standard InChI is InChI=1S/C28H36N4O3/c1-5-31(6-2)16-15-29-27(33)25-21-12-7-8-13-22(21)28(34)32(17-18-35-4)26(25)23-19-30(3)24-14-10-9-11-20(23)24/h7-14,19,25-26H,5-6,15-18H2,1-4H3,(H,29,33). The van der Waals surface area contributed by atoms with Crippen LogP contribution < -0.4 is 5.32 Å². The molecule has 0 radical (unpaired) electrons. The molecule has 1 aliphatic heterocycles. The van der Waals surface area contributed by atoms with Gasteiger partial charge in [-0.1, -0.05) is 50.2 Å². The highest BCUT2D eigenvalue weighted by Gasteiger charge is 2.44. The number of carbonyl (C=O) groups excluding carboxylic acids is 2. The maximum Gasteiger partial charge on any atom is 0.254 e. The van der Waals surface area contributed by atoms with Crippen molar-refractivity contribution >= 4 is 22.7 Å². The number of fused-ring (bicyclic) bond motifs is 2. The summed E-state index contributed by atoms with van der Waals surface area (Å²) in [6.07, 6.45) is 2.06. The van der Waals surface area contributed by atoms with Crippen molar-refractivity contribution in [2.45, 2.75) is 25.8 Å². The quantitative estimate of drug-likeness (QED) is 0.486. The predicted octanol–water partition coefficient (Wildman–Crippen LogP) is 3.56. The Morgan fingerprint density at radius 3 is 2.51 bits per heavy atom. The molecule has 3 aromatic rings. The van der Waals surface area contributed by atoms with E-state index in [0.29, 0.717) is 25.3 Å². The van der Waals surface area contributed by atoms with E-state index in [1.807, 2.05) is 48.3 Å². The van der Waals surface area contributed by atoms with Crippen LogP contribution in [0.2, 0.25) is 0 Å². The largest absolute Gasteiger partial charge is 0.383 e. The summed E-state index contributed by atoms with van der Waals surface area (Å²) < 4.78 is 7.43. The van der Waals surface area contributed by atoms with Gasteiger partial charge in [-0.05, 0) is 30.8 Å². The molecule has 2 unspecified atom stereocenters. The SMILES string of the molecule is CCN(CC)CCNC(=O)C1c2ccccc2C(=O)N(CCOC)C1c1cn(C)c2ccccc12. The number of benzene rings is 2. The average molecular weight is 477 g/mol. The Balaban J connectivity index is 1.81. The summed E-state index contributed by atoms with van der Waals surface area (Å²) in [4.78, 5) is 31.7. The number of nitrogens with zero attached hydrogens (tertiary/aromatic N) is 3. The number of ether oxygens (including phenoxy) is 1. The second-order valence-electron chi connectivity index (χ2n) is 9.03. The minimum Gasteiger partial charge on any atom is -0.383 e. The zero-order valence-electron chi connectivity index (χ0n) is 21.2. The first-order valence-corrected chi connectivity index (χ1v) is 12.4. The first kappa shape index (κ1) is 24.9. The fraction of sp³-hybridized carbons (Fsp3) is 0.429. The fourth-order valence-electron chi connectivity index (χ4n) is 5.25. The van der Waals surface area contributed by atoms with Crippen molar-refractivity contribution in [2.75, 3.05) is 46.4 Å². The van der Waals surface area contributed by atoms with E-state index in [4.69, 9.17) is 4.74 Å². The lowest BCUT2D eigenvalue weighted by atomic mass is 9.79. The van der Waals surface area contributed by atoms with Crippen molar-refractivity contribution in [3.8, 4) is 0 Å². The van der Waals surface area contributed by atoms with Gasteiger partial charge in [-0.2, -0.15) is 0 Å². The van der Waals surface area contributed by atoms with Crippen molar-refractivity contribution in [3.05, 3.63) is 71.4 Å². The van der Waals surface area contributed by atoms with Crippen LogP contribution in [0.4, 0.5) is 0 Å². The lowest BCUT2D eigenvalue weighted by Crippen LogP contribution is -2.49. The second-order valence-corrected chi connectivity index (χ2v) is 9.03. The number of para-hydroxylation sites is 1. The Kier molecular flexibility index (Phi) is 7.88. The second kappa shape index (κ2) is 11.1. The maximum absolute atomic E-state index is 13.9. The average Bonchev–Trinajstić information content (AvgIpc) is 3.22. The van der Waals surface area contributed by atoms with Crippen LogP contribution in [-0.4, -0.2) is 72.6 Å². The molecule has 0 spiro atoms. The van der Waals surface area contributed by atoms with Gasteiger partial charge in [0.05, 0.1) is 18.6 Å². The van der Waals surface area contributed by atoms with E-state index in [0.717, 1.165) is 41.7 Å². The summed E-state index contributed by atoms with van der Waals surface area (Å²) in [7, 11) is 3.63. The van der Waals surface area contributed by atoms with E-state index >= 15 is 0 Å². The number of likely N-dealkylation sites (N-methyl/N-ethyl adjacent to an activating group) is 1. The molecule has 0 aliphatic carbocycles. The van der Waals surface area contributed by atoms with E-state index in [-0.39, 0.29) is 11.8 Å². The molecule has 7 nitrogen and oxygen atoms in total. The van der Waals surface area contributed by atoms with Gasteiger partial charge < -0.3 is 24.4 Å². The number of hydrogen-bond acceptors (Lipinski definition) is 4. The topological polar surface area (TPSA) is 66.8 Å². The van der Waals surface area contributed by atoms with Crippen molar-refractivity contribution < 1.29 is 14.3 Å². The van der Waals surface area contributed by atoms with Gasteiger partial charge >= 0.3 is 0 Å². The first-order chi connectivity index (χ1) is 17.0. The van der Waals surface area contributed by atoms with Crippen LogP contribution in [0.15, 0.2) is 54.7 Å². The highest BCUT2D eigenvalue weighted by atomic mass is 16.5. The molecule has 7 heteroatoms. The molecule has 0 saturated carbocycles. The summed E-state index contributed by atoms with van der Waals surface area (Å²) >= 11 is 0. The lowest BCUT2D eigenvalue weighted by Gasteiger charge is -2.41. The Labute approximate surface area is 207 Å². The molecule has 0 bridgehead atoms. The first-order valence-electron chi connectivity index (χ1n) is 12.4. The van der Waals surface area contributed by atoms with E-state index in [9.17, 15) is 9.59 Å². The molecule has 186 valence electrons. The van der Waals surface area contributed by atoms with Gasteiger partial charge in [0.1, 0.15) is 0 Å². The van der Waals surface area contributed by atoms with Crippen LogP contribution in [0, 0.1) is 0 Å². The number of methoxy groups -OCH3 is 1. The third kappa shape index (κ3) is 4.83. The van der Waals surface area contributed by atoms with Gasteiger partial charge in [-0.25, -0.2) is 0 Å². The van der Waals surface area contributed by atoms with E-state index in [1.165, 1.54) is 0 Å². The monoisotopic (exact) mass is 476 g/mol. The third-order valence-electron chi connectivity index (χ3n) is 7.13. The number of rotatable bonds is 10. The van der Waals surface area contributed by atoms with Gasteiger partial charge in [0, 0.05) is 62.0 Å². The molecule has 4 rings (SSSR count). The van der Waals surface area contributed by atoms with E-state index < -0.39 is 12.0 Å². The van der Waals surface area contributed by atoms with E-state index in [2.05, 4.69) is 47.0 Å². The Bertz CT molecular complexity index is 1180. The molecule has 35 heavy (non-hydrogen) atoms. The van der Waals surface area contributed by atoms with Crippen LogP contribution in [0.25, 0.3) is 10.9 Å². The zero-order chi connectivity index (χ0) is 24.9. The summed E-state index contributed by atoms with van der Waals surface area (Å²) in [5, 5.41) is 4.23. The molecule has 2 heterocycles. The van der Waals surface area contributed by atoms with Crippen LogP contribution in [0.3, 0.4) is 0 Å². The van der Waals surface area contributed by atoms with Gasteiger partial charge in [0.2, 0.25) is 5.91 Å². The normalized spacial score (nSPS) is 17.7. The van der Waals surface area contributed by atoms with Crippen molar-refractivity contribution in [1.29, 1.82) is 0 Å². The van der Waals surface area contributed by atoms with Crippen molar-refractivity contribution in [2.24, 2.45) is 7.05 Å². The summed E-state index contributed by atoms with van der Waals surface area (Å²) in [6.45, 7) is 8.28. The molecule has 2 aromatic carbocycles. The highest BCUT2D eigenvalue weighted by molar-refractivity contribution is 6.02. The molecular formula is C28H36N4O3. The number of hydrogen-bond donors (Lipinski definition) is 1. The Morgan fingerprint density at radius 1 is 1.06 bits per heavy atom. The van der Waals surface area contributed by atoms with Gasteiger partial charge in [-0.3, -0.25) is 9.59 Å². The van der Waals surface area contributed by atoms with Crippen molar-refractivity contribution in [1.82, 2.24) is 19.7 Å². The third-order valence-corrected chi connectivity index (χ3v) is 7.13. The molecule has 0 saturated heterocycles. The van der Waals surface area contributed by atoms with E-state index in [1.54, 1.807) is 7.11 Å². The molecule has 0 fully saturated rings. The van der Waals surface area contributed by atoms with Crippen molar-refractivity contribution in [3.63, 3.8) is 0 Å². The Hall–Kier alpha value is -3.16. The zero-order valence-corrected chi connectivity index (χ0v) is 21.2. The van der Waals surface area contributed by atoms with Gasteiger partial charge in [0.15, 0.2) is 0 Å². The van der Waals surface area contributed by atoms with Crippen LogP contribution in [0.1, 0.15) is 47.3 Å². The fourth-order valence-corrected chi connectivity index (χ4v) is 5.25. The smallest absolute Gasteiger partial charge is 0.254 e. The summed E-state index contributed by atoms with van der Waals surface area (Å²) in [5.41, 5.74) is 3.42. The molecule has 1 aromatic heterocycles.